The van der Waals surface area contributed by atoms with Crippen LogP contribution in [0.5, 0.6) is 0 Å². The first-order valence-electron chi connectivity index (χ1n) is 10.7. The van der Waals surface area contributed by atoms with E-state index < -0.39 is 6.17 Å². The van der Waals surface area contributed by atoms with Crippen molar-refractivity contribution < 1.29 is 9.18 Å². The van der Waals surface area contributed by atoms with E-state index in [1.165, 1.54) is 0 Å². The Bertz CT molecular complexity index is 1110. The molecule has 1 aliphatic carbocycles. The Hall–Kier alpha value is -2.96. The Labute approximate surface area is 174 Å². The molecular formula is C23H24FN5O. The van der Waals surface area contributed by atoms with Crippen LogP contribution in [0.2, 0.25) is 0 Å². The number of pyridine rings is 1. The van der Waals surface area contributed by atoms with Gasteiger partial charge in [-0.3, -0.25) is 9.78 Å². The minimum atomic E-state index is -0.926. The number of anilines is 1. The molecular weight excluding hydrogens is 381 g/mol. The highest BCUT2D eigenvalue weighted by Crippen LogP contribution is 2.41. The van der Waals surface area contributed by atoms with Gasteiger partial charge in [-0.15, -0.1) is 0 Å². The molecule has 2 bridgehead atoms. The quantitative estimate of drug-likeness (QED) is 0.671. The highest BCUT2D eigenvalue weighted by molar-refractivity contribution is 5.84. The Morgan fingerprint density at radius 2 is 1.90 bits per heavy atom. The first-order valence-corrected chi connectivity index (χ1v) is 10.7. The number of hydrogen-bond donors (Lipinski definition) is 0. The van der Waals surface area contributed by atoms with Crippen LogP contribution in [0.25, 0.3) is 16.6 Å². The number of nitrogens with zero attached hydrogens (tertiary/aromatic N) is 5. The minimum Gasteiger partial charge on any atom is -0.366 e. The Balaban J connectivity index is 1.30. The van der Waals surface area contributed by atoms with Gasteiger partial charge in [-0.05, 0) is 44.4 Å². The molecule has 2 unspecified atom stereocenters. The van der Waals surface area contributed by atoms with E-state index in [2.05, 4.69) is 33.2 Å². The number of piperazine rings is 1. The molecule has 0 aromatic carbocycles. The maximum atomic E-state index is 13.5. The number of amides is 1. The highest BCUT2D eigenvalue weighted by atomic mass is 19.1. The van der Waals surface area contributed by atoms with Crippen LogP contribution >= 0.6 is 0 Å². The van der Waals surface area contributed by atoms with Crippen LogP contribution in [-0.2, 0) is 4.79 Å². The fraction of sp³-hybridized carbons (Fsp3) is 0.435. The molecule has 3 aromatic heterocycles. The number of alkyl halides is 1. The summed E-state index contributed by atoms with van der Waals surface area (Å²) in [5.74, 6) is -0.352. The third kappa shape index (κ3) is 2.79. The van der Waals surface area contributed by atoms with Gasteiger partial charge >= 0.3 is 0 Å². The molecule has 0 spiro atoms. The minimum absolute atomic E-state index is 0.0337. The molecule has 7 heteroatoms. The van der Waals surface area contributed by atoms with Crippen molar-refractivity contribution in [1.82, 2.24) is 19.5 Å². The zero-order valence-electron chi connectivity index (χ0n) is 16.9. The lowest BCUT2D eigenvalue weighted by Crippen LogP contribution is -2.56. The molecule has 30 heavy (non-hydrogen) atoms. The van der Waals surface area contributed by atoms with Crippen LogP contribution in [0, 0.1) is 12.8 Å². The molecule has 4 atom stereocenters. The first-order chi connectivity index (χ1) is 14.6. The van der Waals surface area contributed by atoms with Crippen LogP contribution in [0.15, 0.2) is 42.9 Å². The van der Waals surface area contributed by atoms with Gasteiger partial charge in [0.2, 0.25) is 5.91 Å². The maximum Gasteiger partial charge on any atom is 0.229 e. The smallest absolute Gasteiger partial charge is 0.229 e. The van der Waals surface area contributed by atoms with Gasteiger partial charge in [0.25, 0.3) is 0 Å². The molecule has 6 rings (SSSR count). The van der Waals surface area contributed by atoms with E-state index in [-0.39, 0.29) is 23.9 Å². The summed E-state index contributed by atoms with van der Waals surface area (Å²) >= 11 is 0. The number of aryl methyl sites for hydroxylation is 1. The maximum absolute atomic E-state index is 13.5. The SMILES string of the molecule is Cc1ccc(-c2cc3c(N4CC5CCC(C4)N5C(=O)[C@@H]4C[C@H]4F)ccnn3c2)cn1. The van der Waals surface area contributed by atoms with Gasteiger partial charge in [0.15, 0.2) is 0 Å². The molecule has 2 saturated heterocycles. The van der Waals surface area contributed by atoms with E-state index in [1.807, 2.05) is 41.0 Å². The molecule has 0 radical (unpaired) electrons. The number of carbonyl (C=O) groups is 1. The molecule has 2 aliphatic heterocycles. The van der Waals surface area contributed by atoms with Crippen molar-refractivity contribution in [3.8, 4) is 11.1 Å². The molecule has 1 saturated carbocycles. The van der Waals surface area contributed by atoms with E-state index in [9.17, 15) is 9.18 Å². The second kappa shape index (κ2) is 6.52. The fourth-order valence-corrected chi connectivity index (χ4v) is 5.13. The number of rotatable bonds is 3. The third-order valence-electron chi connectivity index (χ3n) is 6.84. The topological polar surface area (TPSA) is 53.7 Å². The lowest BCUT2D eigenvalue weighted by molar-refractivity contribution is -0.136. The predicted octanol–water partition coefficient (Wildman–Crippen LogP) is 3.24. The van der Waals surface area contributed by atoms with E-state index in [1.54, 1.807) is 0 Å². The molecule has 5 heterocycles. The second-order valence-corrected chi connectivity index (χ2v) is 8.86. The number of fused-ring (bicyclic) bond motifs is 3. The lowest BCUT2D eigenvalue weighted by Gasteiger charge is -2.42. The summed E-state index contributed by atoms with van der Waals surface area (Å²) in [6.07, 6.45) is 7.24. The summed E-state index contributed by atoms with van der Waals surface area (Å²) in [5.41, 5.74) is 5.34. The van der Waals surface area contributed by atoms with Crippen LogP contribution in [0.4, 0.5) is 10.1 Å². The summed E-state index contributed by atoms with van der Waals surface area (Å²) in [6.45, 7) is 3.56. The van der Waals surface area contributed by atoms with E-state index in [0.29, 0.717) is 6.42 Å². The van der Waals surface area contributed by atoms with Crippen molar-refractivity contribution in [2.75, 3.05) is 18.0 Å². The van der Waals surface area contributed by atoms with Crippen LogP contribution < -0.4 is 4.90 Å². The van der Waals surface area contributed by atoms with Crippen molar-refractivity contribution in [2.24, 2.45) is 5.92 Å². The zero-order valence-corrected chi connectivity index (χ0v) is 16.9. The van der Waals surface area contributed by atoms with Gasteiger partial charge in [0, 0.05) is 60.6 Å². The van der Waals surface area contributed by atoms with Gasteiger partial charge < -0.3 is 9.80 Å². The van der Waals surface area contributed by atoms with Gasteiger partial charge in [0.1, 0.15) is 6.17 Å². The van der Waals surface area contributed by atoms with E-state index >= 15 is 0 Å². The van der Waals surface area contributed by atoms with Gasteiger partial charge in [-0.1, -0.05) is 6.07 Å². The van der Waals surface area contributed by atoms with Crippen LogP contribution in [-0.4, -0.2) is 56.8 Å². The molecule has 0 N–H and O–H groups in total. The van der Waals surface area contributed by atoms with Crippen LogP contribution in [0.3, 0.4) is 0 Å². The molecule has 6 nitrogen and oxygen atoms in total. The standard InChI is InChI=1S/C23H24FN5O/c1-14-2-3-15(10-25-14)16-8-22-21(6-7-26-28(22)11-16)27-12-17-4-5-18(13-27)29(17)23(30)19-9-20(19)24/h2-3,6-8,10-11,17-20H,4-5,9,12-13H2,1H3/t17?,18?,19-,20-/m1/s1. The summed E-state index contributed by atoms with van der Waals surface area (Å²) in [7, 11) is 0. The largest absolute Gasteiger partial charge is 0.366 e. The average Bonchev–Trinajstić information content (AvgIpc) is 3.21. The van der Waals surface area contributed by atoms with Crippen molar-refractivity contribution in [3.63, 3.8) is 0 Å². The summed E-state index contributed by atoms with van der Waals surface area (Å²) in [5, 5.41) is 4.50. The normalized spacial score (nSPS) is 27.7. The number of hydrogen-bond acceptors (Lipinski definition) is 4. The monoisotopic (exact) mass is 405 g/mol. The third-order valence-corrected chi connectivity index (χ3v) is 6.84. The van der Waals surface area contributed by atoms with Crippen LogP contribution in [0.1, 0.15) is 25.0 Å². The second-order valence-electron chi connectivity index (χ2n) is 8.86. The van der Waals surface area contributed by atoms with Crippen molar-refractivity contribution >= 4 is 17.1 Å². The Morgan fingerprint density at radius 3 is 2.57 bits per heavy atom. The van der Waals surface area contributed by atoms with E-state index in [4.69, 9.17) is 0 Å². The zero-order chi connectivity index (χ0) is 20.4. The Morgan fingerprint density at radius 1 is 1.13 bits per heavy atom. The van der Waals surface area contributed by atoms with Gasteiger partial charge in [0.05, 0.1) is 17.1 Å². The summed E-state index contributed by atoms with van der Waals surface area (Å²) in [6, 6.07) is 8.66. The highest BCUT2D eigenvalue weighted by Gasteiger charge is 2.51. The van der Waals surface area contributed by atoms with Crippen molar-refractivity contribution in [2.45, 2.75) is 44.4 Å². The van der Waals surface area contributed by atoms with E-state index in [0.717, 1.165) is 54.0 Å². The average molecular weight is 405 g/mol. The summed E-state index contributed by atoms with van der Waals surface area (Å²) in [4.78, 5) is 21.5. The summed E-state index contributed by atoms with van der Waals surface area (Å²) < 4.78 is 15.4. The Kier molecular flexibility index (Phi) is 3.88. The number of carbonyl (C=O) groups excluding carboxylic acids is 1. The molecule has 3 fully saturated rings. The first kappa shape index (κ1) is 17.9. The molecule has 1 amide bonds. The van der Waals surface area contributed by atoms with Crippen molar-refractivity contribution in [1.29, 1.82) is 0 Å². The fourth-order valence-electron chi connectivity index (χ4n) is 5.13. The predicted molar refractivity (Wildman–Crippen MR) is 112 cm³/mol. The molecule has 3 aliphatic rings. The number of halogens is 1. The molecule has 154 valence electrons. The van der Waals surface area contributed by atoms with Crippen molar-refractivity contribution in [3.05, 3.63) is 48.5 Å². The lowest BCUT2D eigenvalue weighted by atomic mass is 10.1. The molecule has 3 aromatic rings. The van der Waals surface area contributed by atoms with Gasteiger partial charge in [-0.2, -0.15) is 5.10 Å². The number of aromatic nitrogens is 3. The van der Waals surface area contributed by atoms with Gasteiger partial charge in [-0.25, -0.2) is 8.91 Å².